The third kappa shape index (κ3) is 5.24. The molecule has 170 valence electrons. The number of halogens is 1. The van der Waals surface area contributed by atoms with E-state index in [0.29, 0.717) is 6.29 Å². The first-order chi connectivity index (χ1) is 15.9. The van der Waals surface area contributed by atoms with Crippen molar-refractivity contribution in [2.75, 3.05) is 12.4 Å². The van der Waals surface area contributed by atoms with E-state index in [9.17, 15) is 9.18 Å². The zero-order valence-electron chi connectivity index (χ0n) is 18.5. The van der Waals surface area contributed by atoms with E-state index in [1.165, 1.54) is 30.5 Å². The molecule has 10 heteroatoms. The van der Waals surface area contributed by atoms with Crippen molar-refractivity contribution in [1.29, 1.82) is 0 Å². The molecule has 0 saturated carbocycles. The Morgan fingerprint density at radius 3 is 2.52 bits per heavy atom. The Balaban J connectivity index is 0.000000331. The number of carbonyl (C=O) groups excluding carboxylic acids is 1. The molecule has 0 fully saturated rings. The first kappa shape index (κ1) is 23.2. The molecule has 5 N–H and O–H groups in total. The Morgan fingerprint density at radius 2 is 1.88 bits per heavy atom. The average molecular weight is 449 g/mol. The molecule has 9 nitrogen and oxygen atoms in total. The van der Waals surface area contributed by atoms with Gasteiger partial charge < -0.3 is 21.4 Å². The van der Waals surface area contributed by atoms with Gasteiger partial charge in [0.15, 0.2) is 11.9 Å². The molecule has 0 aliphatic rings. The van der Waals surface area contributed by atoms with Crippen LogP contribution in [0.3, 0.4) is 0 Å². The van der Waals surface area contributed by atoms with Crippen molar-refractivity contribution in [3.05, 3.63) is 78.3 Å². The number of nitrogens with two attached hydrogens (primary N) is 2. The van der Waals surface area contributed by atoms with Crippen molar-refractivity contribution >= 4 is 17.8 Å². The number of carbonyl (C=O) groups is 1. The number of allylic oxidation sites excluding steroid dienone is 3. The van der Waals surface area contributed by atoms with Crippen LogP contribution in [0.4, 0.5) is 10.2 Å². The lowest BCUT2D eigenvalue weighted by Gasteiger charge is -2.07. The number of benzene rings is 1. The summed E-state index contributed by atoms with van der Waals surface area (Å²) in [5.41, 5.74) is 14.2. The molecule has 4 rings (SSSR count). The third-order valence-electron chi connectivity index (χ3n) is 4.79. The summed E-state index contributed by atoms with van der Waals surface area (Å²) < 4.78 is 17.0. The van der Waals surface area contributed by atoms with Gasteiger partial charge in [0.1, 0.15) is 23.2 Å². The van der Waals surface area contributed by atoms with Crippen LogP contribution in [0.2, 0.25) is 0 Å². The van der Waals surface area contributed by atoms with E-state index in [0.717, 1.165) is 39.9 Å². The van der Waals surface area contributed by atoms with Crippen molar-refractivity contribution in [2.24, 2.45) is 18.5 Å². The number of hydrogen-bond donors (Lipinski definition) is 3. The van der Waals surface area contributed by atoms with E-state index in [4.69, 9.17) is 11.5 Å². The molecule has 0 saturated heterocycles. The predicted molar refractivity (Wildman–Crippen MR) is 127 cm³/mol. The summed E-state index contributed by atoms with van der Waals surface area (Å²) in [4.78, 5) is 18.8. The summed E-state index contributed by atoms with van der Waals surface area (Å²) in [5, 5.41) is 7.68. The molecule has 3 heterocycles. The van der Waals surface area contributed by atoms with Crippen LogP contribution < -0.4 is 16.8 Å². The maximum absolute atomic E-state index is 13.3. The normalized spacial score (nSPS) is 11.5. The second-order valence-corrected chi connectivity index (χ2v) is 6.99. The van der Waals surface area contributed by atoms with Gasteiger partial charge in [0.25, 0.3) is 0 Å². The van der Waals surface area contributed by atoms with Crippen molar-refractivity contribution in [1.82, 2.24) is 24.1 Å². The summed E-state index contributed by atoms with van der Waals surface area (Å²) in [5.74, 6) is 1.35. The number of hydrogen-bond acceptors (Lipinski definition) is 7. The number of rotatable bonds is 5. The van der Waals surface area contributed by atoms with Crippen molar-refractivity contribution in [3.63, 3.8) is 0 Å². The molecular weight excluding hydrogens is 423 g/mol. The van der Waals surface area contributed by atoms with Crippen molar-refractivity contribution in [3.8, 4) is 22.6 Å². The monoisotopic (exact) mass is 448 g/mol. The zero-order chi connectivity index (χ0) is 24.0. The van der Waals surface area contributed by atoms with Gasteiger partial charge in [0.05, 0.1) is 23.3 Å². The van der Waals surface area contributed by atoms with Crippen LogP contribution >= 0.6 is 0 Å². The van der Waals surface area contributed by atoms with Crippen LogP contribution in [0, 0.1) is 12.7 Å². The number of aromatic nitrogens is 5. The van der Waals surface area contributed by atoms with Gasteiger partial charge in [-0.15, -0.1) is 0 Å². The number of fused-ring (bicyclic) bond motifs is 1. The van der Waals surface area contributed by atoms with Gasteiger partial charge in [0.2, 0.25) is 0 Å². The molecule has 0 amide bonds. The number of imidazole rings is 2. The molecule has 0 aliphatic heterocycles. The fraction of sp³-hybridized carbons (Fsp3) is 0.130. The fourth-order valence-electron chi connectivity index (χ4n) is 3.05. The first-order valence-corrected chi connectivity index (χ1v) is 10.0. The van der Waals surface area contributed by atoms with Crippen LogP contribution in [0.5, 0.6) is 0 Å². The Kier molecular flexibility index (Phi) is 7.19. The Bertz CT molecular complexity index is 1320. The summed E-state index contributed by atoms with van der Waals surface area (Å²) in [7, 11) is 3.77. The molecule has 3 aromatic heterocycles. The van der Waals surface area contributed by atoms with Crippen LogP contribution in [0.25, 0.3) is 28.3 Å². The molecule has 33 heavy (non-hydrogen) atoms. The van der Waals surface area contributed by atoms with E-state index < -0.39 is 0 Å². The molecule has 0 spiro atoms. The number of nitrogens with one attached hydrogen (secondary N) is 1. The van der Waals surface area contributed by atoms with Gasteiger partial charge in [0, 0.05) is 19.7 Å². The summed E-state index contributed by atoms with van der Waals surface area (Å²) in [6.45, 7) is 1.94. The topological polar surface area (TPSA) is 129 Å². The van der Waals surface area contributed by atoms with Gasteiger partial charge in [-0.2, -0.15) is 5.10 Å². The largest absolute Gasteiger partial charge is 0.405 e. The fourth-order valence-corrected chi connectivity index (χ4v) is 3.05. The minimum Gasteiger partial charge on any atom is -0.405 e. The smallest absolute Gasteiger partial charge is 0.165 e. The first-order valence-electron chi connectivity index (χ1n) is 10.0. The zero-order valence-corrected chi connectivity index (χ0v) is 18.5. The highest BCUT2D eigenvalue weighted by Gasteiger charge is 2.18. The lowest BCUT2D eigenvalue weighted by atomic mass is 10.1. The lowest BCUT2D eigenvalue weighted by Crippen LogP contribution is -2.00. The highest BCUT2D eigenvalue weighted by molar-refractivity contribution is 5.77. The quantitative estimate of drug-likeness (QED) is 0.243. The molecule has 0 radical (unpaired) electrons. The van der Waals surface area contributed by atoms with Crippen LogP contribution in [0.1, 0.15) is 5.82 Å². The molecule has 0 atom stereocenters. The Labute approximate surface area is 190 Å². The van der Waals surface area contributed by atoms with E-state index in [1.54, 1.807) is 16.6 Å². The van der Waals surface area contributed by atoms with Crippen LogP contribution in [0.15, 0.2) is 66.6 Å². The number of aldehydes is 1. The van der Waals surface area contributed by atoms with E-state index in [1.807, 2.05) is 43.9 Å². The van der Waals surface area contributed by atoms with Gasteiger partial charge in [-0.3, -0.25) is 4.79 Å². The maximum Gasteiger partial charge on any atom is 0.165 e. The molecule has 0 bridgehead atoms. The summed E-state index contributed by atoms with van der Waals surface area (Å²) in [6, 6.07) is 10.2. The van der Waals surface area contributed by atoms with E-state index >= 15 is 0 Å². The standard InChI is InChI=1S/C18H17FN6.C5H8N2O/c1-11-21-17(12-4-6-13(19)7-5-12)18(24(11)3)14-8-9-16-22-15(20-2)10-25(16)23-14;6-3-1-2-5(7)4-8/h4-10,20H,1-3H3;1-4H,6-7H2/b;3-1-,5-2-. The number of aryl methyl sites for hydroxylation is 1. The van der Waals surface area contributed by atoms with E-state index in [-0.39, 0.29) is 11.5 Å². The van der Waals surface area contributed by atoms with Gasteiger partial charge in [-0.1, -0.05) is 0 Å². The SMILES string of the molecule is CNc1cn2nc(-c3c(-c4ccc(F)cc4)nc(C)n3C)ccc2n1.N/C=C\C=C(/N)C=O. The maximum atomic E-state index is 13.3. The molecule has 4 aromatic rings. The van der Waals surface area contributed by atoms with E-state index in [2.05, 4.69) is 20.4 Å². The summed E-state index contributed by atoms with van der Waals surface area (Å²) in [6.07, 6.45) is 6.60. The molecule has 0 unspecified atom stereocenters. The second-order valence-electron chi connectivity index (χ2n) is 6.99. The Morgan fingerprint density at radius 1 is 1.15 bits per heavy atom. The van der Waals surface area contributed by atoms with Crippen molar-refractivity contribution < 1.29 is 9.18 Å². The van der Waals surface area contributed by atoms with Gasteiger partial charge in [-0.05, 0) is 61.7 Å². The second kappa shape index (κ2) is 10.2. The molecule has 1 aromatic carbocycles. The van der Waals surface area contributed by atoms with Crippen molar-refractivity contribution in [2.45, 2.75) is 6.92 Å². The lowest BCUT2D eigenvalue weighted by molar-refractivity contribution is -0.104. The molecule has 0 aliphatic carbocycles. The number of anilines is 1. The highest BCUT2D eigenvalue weighted by Crippen LogP contribution is 2.31. The summed E-state index contributed by atoms with van der Waals surface area (Å²) >= 11 is 0. The van der Waals surface area contributed by atoms with Crippen LogP contribution in [-0.4, -0.2) is 37.5 Å². The third-order valence-corrected chi connectivity index (χ3v) is 4.79. The average Bonchev–Trinajstić information content (AvgIpc) is 3.38. The number of nitrogens with zero attached hydrogens (tertiary/aromatic N) is 5. The predicted octanol–water partition coefficient (Wildman–Crippen LogP) is 2.79. The molecular formula is C23H25FN8O. The van der Waals surface area contributed by atoms with Gasteiger partial charge in [-0.25, -0.2) is 18.9 Å². The van der Waals surface area contributed by atoms with Gasteiger partial charge >= 0.3 is 0 Å². The highest BCUT2D eigenvalue weighted by atomic mass is 19.1. The Hall–Kier alpha value is -4.47. The minimum atomic E-state index is -0.268. The van der Waals surface area contributed by atoms with Crippen LogP contribution in [-0.2, 0) is 11.8 Å². The minimum absolute atomic E-state index is 0.173.